The van der Waals surface area contributed by atoms with Gasteiger partial charge in [0.15, 0.2) is 29.5 Å². The highest BCUT2D eigenvalue weighted by molar-refractivity contribution is 5.91. The van der Waals surface area contributed by atoms with Crippen molar-refractivity contribution in [2.24, 2.45) is 11.3 Å². The molecule has 59 heavy (non-hydrogen) atoms. The van der Waals surface area contributed by atoms with E-state index in [9.17, 15) is 48.9 Å². The minimum absolute atomic E-state index is 0.0864. The number of aliphatic hydroxyl groups excluding tert-OH is 1. The number of aryl methyl sites for hydroxylation is 1. The molecule has 20 heteroatoms. The van der Waals surface area contributed by atoms with Gasteiger partial charge in [-0.3, -0.25) is 24.2 Å². The summed E-state index contributed by atoms with van der Waals surface area (Å²) in [5.74, 6) is -9.36. The van der Waals surface area contributed by atoms with Gasteiger partial charge in [-0.1, -0.05) is 0 Å². The van der Waals surface area contributed by atoms with Crippen molar-refractivity contribution in [1.82, 2.24) is 4.98 Å². The van der Waals surface area contributed by atoms with E-state index in [2.05, 4.69) is 4.98 Å². The Morgan fingerprint density at radius 3 is 2.15 bits per heavy atom. The van der Waals surface area contributed by atoms with Crippen molar-refractivity contribution in [3.63, 3.8) is 0 Å². The molecule has 0 unspecified atom stereocenters. The van der Waals surface area contributed by atoms with Crippen LogP contribution in [0.1, 0.15) is 81.3 Å². The number of carbonyl (C=O) groups is 7. The molecule has 4 bridgehead atoms. The first kappa shape index (κ1) is 43.1. The maximum atomic E-state index is 14.2. The van der Waals surface area contributed by atoms with E-state index >= 15 is 0 Å². The van der Waals surface area contributed by atoms with Gasteiger partial charge in [0.1, 0.15) is 54.4 Å². The average molecular weight is 832 g/mol. The summed E-state index contributed by atoms with van der Waals surface area (Å²) in [6.45, 7) is 5.42. The zero-order chi connectivity index (χ0) is 43.5. The third-order valence-corrected chi connectivity index (χ3v) is 11.6. The lowest BCUT2D eigenvalue weighted by molar-refractivity contribution is -0.386. The second-order valence-electron chi connectivity index (χ2n) is 15.8. The lowest BCUT2D eigenvalue weighted by Crippen LogP contribution is -2.89. The summed E-state index contributed by atoms with van der Waals surface area (Å²) >= 11 is 0. The molecule has 320 valence electrons. The fourth-order valence-corrected chi connectivity index (χ4v) is 9.21. The van der Waals surface area contributed by atoms with E-state index in [0.717, 1.165) is 54.1 Å². The van der Waals surface area contributed by atoms with E-state index in [1.165, 1.54) is 31.3 Å². The zero-order valence-corrected chi connectivity index (χ0v) is 33.2. The van der Waals surface area contributed by atoms with Crippen molar-refractivity contribution in [3.8, 4) is 0 Å². The van der Waals surface area contributed by atoms with Crippen LogP contribution < -0.4 is 0 Å². The van der Waals surface area contributed by atoms with Crippen LogP contribution in [0.25, 0.3) is 0 Å². The van der Waals surface area contributed by atoms with E-state index in [0.29, 0.717) is 0 Å². The Labute approximate surface area is 336 Å². The molecule has 2 aromatic heterocycles. The van der Waals surface area contributed by atoms with E-state index in [1.54, 1.807) is 0 Å². The number of rotatable bonds is 7. The first-order valence-electron chi connectivity index (χ1n) is 18.6. The van der Waals surface area contributed by atoms with Crippen molar-refractivity contribution >= 4 is 41.8 Å². The summed E-state index contributed by atoms with van der Waals surface area (Å²) in [5, 5.41) is 38.0. The Morgan fingerprint density at radius 1 is 0.881 bits per heavy atom. The first-order valence-corrected chi connectivity index (χ1v) is 18.6. The van der Waals surface area contributed by atoms with Crippen molar-refractivity contribution in [1.29, 1.82) is 0 Å². The molecule has 3 fully saturated rings. The molecule has 1 saturated heterocycles. The Balaban J connectivity index is 1.73. The van der Waals surface area contributed by atoms with E-state index in [4.69, 9.17) is 42.3 Å². The van der Waals surface area contributed by atoms with Crippen molar-refractivity contribution < 1.29 is 91.2 Å². The number of ether oxygens (including phenoxy) is 8. The summed E-state index contributed by atoms with van der Waals surface area (Å²) in [4.78, 5) is 98.2. The van der Waals surface area contributed by atoms with Crippen LogP contribution in [0.5, 0.6) is 0 Å². The molecule has 4 heterocycles. The number of nitrogens with zero attached hydrogens (tertiary/aromatic N) is 1. The molecule has 0 radical (unpaired) electrons. The lowest BCUT2D eigenvalue weighted by atomic mass is 9.45. The minimum Gasteiger partial charge on any atom is -0.472 e. The third kappa shape index (κ3) is 7.00. The lowest BCUT2D eigenvalue weighted by Gasteiger charge is -2.67. The molecule has 0 amide bonds. The molecular formula is C39H45NO19. The van der Waals surface area contributed by atoms with E-state index < -0.39 is 132 Å². The van der Waals surface area contributed by atoms with Gasteiger partial charge in [0.05, 0.1) is 29.0 Å². The van der Waals surface area contributed by atoms with E-state index in [1.807, 2.05) is 0 Å². The molecule has 2 aliphatic heterocycles. The molecule has 0 aromatic carbocycles. The first-order chi connectivity index (χ1) is 27.5. The minimum atomic E-state index is -2.95. The number of fused-ring (bicyclic) bond motifs is 5. The van der Waals surface area contributed by atoms with Crippen LogP contribution >= 0.6 is 0 Å². The van der Waals surface area contributed by atoms with Crippen molar-refractivity contribution in [2.45, 2.75) is 120 Å². The largest absolute Gasteiger partial charge is 0.472 e. The SMILES string of the molecule is CC(=O)OC[C@]12[C@H](OC(C)=O)[C@H](OC(C)=O)[C@@H]3[C@@H](OC(C)=O)[C@@]14O[C@@]3(C)COC(=O)c1cccnc1CC[C@@](C)(O)C(=O)O[C@@H]([C@H](OC(=O)c1ccoc1)[C@@H]2O)[C@]4(C)O. The normalized spacial score (nSPS) is 37.6. The summed E-state index contributed by atoms with van der Waals surface area (Å²) in [6.07, 6.45) is -10.1. The third-order valence-electron chi connectivity index (χ3n) is 11.6. The number of hydrogen-bond donors (Lipinski definition) is 3. The van der Waals surface area contributed by atoms with Gasteiger partial charge < -0.3 is 57.6 Å². The van der Waals surface area contributed by atoms with Gasteiger partial charge in [0.25, 0.3) is 0 Å². The molecule has 1 spiro atoms. The molecule has 6 rings (SSSR count). The molecule has 4 aliphatic rings. The maximum absolute atomic E-state index is 14.2. The highest BCUT2D eigenvalue weighted by Crippen LogP contribution is 2.69. The maximum Gasteiger partial charge on any atom is 0.341 e. The van der Waals surface area contributed by atoms with Crippen LogP contribution in [0, 0.1) is 11.3 Å². The number of esters is 7. The predicted octanol–water partition coefficient (Wildman–Crippen LogP) is 0.294. The van der Waals surface area contributed by atoms with Crippen LogP contribution in [0.15, 0.2) is 41.3 Å². The number of pyridine rings is 1. The zero-order valence-electron chi connectivity index (χ0n) is 33.2. The molecule has 20 nitrogen and oxygen atoms in total. The van der Waals surface area contributed by atoms with Gasteiger partial charge in [-0.2, -0.15) is 0 Å². The smallest absolute Gasteiger partial charge is 0.341 e. The van der Waals surface area contributed by atoms with Gasteiger partial charge in [-0.05, 0) is 51.8 Å². The highest BCUT2D eigenvalue weighted by atomic mass is 16.7. The summed E-state index contributed by atoms with van der Waals surface area (Å²) < 4.78 is 52.8. The quantitative estimate of drug-likeness (QED) is 0.250. The topological polar surface area (TPSA) is 280 Å². The number of carbonyl (C=O) groups excluding carboxylic acids is 7. The molecule has 2 aliphatic carbocycles. The second-order valence-corrected chi connectivity index (χ2v) is 15.8. The van der Waals surface area contributed by atoms with Crippen LogP contribution in [0.2, 0.25) is 0 Å². The summed E-state index contributed by atoms with van der Waals surface area (Å²) in [5.41, 5.74) is -13.3. The molecule has 2 saturated carbocycles. The molecular weight excluding hydrogens is 786 g/mol. The van der Waals surface area contributed by atoms with Crippen molar-refractivity contribution in [2.75, 3.05) is 13.2 Å². The van der Waals surface area contributed by atoms with Gasteiger partial charge in [0, 0.05) is 33.9 Å². The predicted molar refractivity (Wildman–Crippen MR) is 189 cm³/mol. The van der Waals surface area contributed by atoms with Gasteiger partial charge in [-0.15, -0.1) is 0 Å². The second kappa shape index (κ2) is 15.3. The van der Waals surface area contributed by atoms with Gasteiger partial charge in [-0.25, -0.2) is 14.4 Å². The van der Waals surface area contributed by atoms with Gasteiger partial charge in [0.2, 0.25) is 0 Å². The fourth-order valence-electron chi connectivity index (χ4n) is 9.21. The fraction of sp³-hybridized carbons (Fsp3) is 0.590. The Bertz CT molecular complexity index is 2030. The Hall–Kier alpha value is -5.44. The number of hydrogen-bond acceptors (Lipinski definition) is 20. The van der Waals surface area contributed by atoms with Crippen LogP contribution in [-0.4, -0.2) is 134 Å². The monoisotopic (exact) mass is 831 g/mol. The summed E-state index contributed by atoms with van der Waals surface area (Å²) in [6, 6.07) is 4.01. The van der Waals surface area contributed by atoms with Crippen LogP contribution in [0.4, 0.5) is 0 Å². The number of aliphatic hydroxyl groups is 3. The van der Waals surface area contributed by atoms with Gasteiger partial charge >= 0.3 is 41.8 Å². The van der Waals surface area contributed by atoms with Crippen LogP contribution in [0.3, 0.4) is 0 Å². The molecule has 2 aromatic rings. The molecule has 12 atom stereocenters. The number of furan rings is 1. The summed E-state index contributed by atoms with van der Waals surface area (Å²) in [7, 11) is 0. The molecule has 3 N–H and O–H groups in total. The standard InChI is InChI=1S/C39H45NO19/c1-18(41)52-17-38-28(45)27(57-32(46)22-11-14-51-15-22)30-37(7,50)39(38)29(55-20(3)43)25(26(54-19(2)42)31(38)56-21(4)44)36(6,59-39)16-53-33(47)23-9-8-13-40-24(23)10-12-35(5,49)34(48)58-30/h8-9,11,13-15,25-31,45,49-50H,10,12,16-17H2,1-7H3/t25-,26-,27-,28+,29-,30+,31-,35-,36+,37+,38+,39+/m1/s1. The van der Waals surface area contributed by atoms with E-state index in [-0.39, 0.29) is 23.2 Å². The number of cyclic esters (lactones) is 1. The average Bonchev–Trinajstić information content (AvgIpc) is 3.76. The Morgan fingerprint density at radius 2 is 1.54 bits per heavy atom. The highest BCUT2D eigenvalue weighted by Gasteiger charge is 2.91. The number of aromatic nitrogens is 1. The van der Waals surface area contributed by atoms with Crippen molar-refractivity contribution in [3.05, 3.63) is 53.7 Å². The Kier molecular flexibility index (Phi) is 11.2. The van der Waals surface area contributed by atoms with Crippen LogP contribution in [-0.2, 0) is 68.3 Å².